The van der Waals surface area contributed by atoms with Crippen molar-refractivity contribution in [3.63, 3.8) is 0 Å². The van der Waals surface area contributed by atoms with Crippen LogP contribution in [-0.4, -0.2) is 22.3 Å². The third kappa shape index (κ3) is 18.1. The lowest BCUT2D eigenvalue weighted by Crippen LogP contribution is -1.98. The summed E-state index contributed by atoms with van der Waals surface area (Å²) in [6.45, 7) is 2.21. The minimum Gasteiger partial charge on any atom is -0.478 e. The van der Waals surface area contributed by atoms with Crippen LogP contribution in [0.2, 0.25) is 0 Å². The van der Waals surface area contributed by atoms with Crippen molar-refractivity contribution in [2.45, 2.75) is 58.0 Å². The van der Waals surface area contributed by atoms with Crippen molar-refractivity contribution in [3.05, 3.63) is 60.8 Å². The quantitative estimate of drug-likeness (QED) is 0.218. The summed E-state index contributed by atoms with van der Waals surface area (Å²) in [7, 11) is 0. The molecule has 1 unspecified atom stereocenters. The Morgan fingerprint density at radius 2 is 1.70 bits per heavy atom. The zero-order valence-electron chi connectivity index (χ0n) is 14.1. The van der Waals surface area contributed by atoms with Gasteiger partial charge < -0.3 is 10.2 Å². The molecule has 0 heterocycles. The first-order valence-corrected chi connectivity index (χ1v) is 8.37. The molecule has 0 aliphatic rings. The number of carbonyl (C=O) groups is 1. The molecule has 0 rings (SSSR count). The van der Waals surface area contributed by atoms with Crippen molar-refractivity contribution < 1.29 is 15.0 Å². The molecular formula is C20H30O3. The largest absolute Gasteiger partial charge is 0.478 e. The van der Waals surface area contributed by atoms with Crippen LogP contribution in [0.15, 0.2) is 60.8 Å². The first-order chi connectivity index (χ1) is 11.2. The van der Waals surface area contributed by atoms with Crippen LogP contribution in [-0.2, 0) is 4.79 Å². The lowest BCUT2D eigenvalue weighted by Gasteiger charge is -1.98. The highest BCUT2D eigenvalue weighted by Crippen LogP contribution is 2.01. The molecule has 0 spiro atoms. The second-order valence-corrected chi connectivity index (χ2v) is 5.27. The number of hydrogen-bond acceptors (Lipinski definition) is 2. The van der Waals surface area contributed by atoms with E-state index in [-0.39, 0.29) is 0 Å². The minimum atomic E-state index is -0.938. The van der Waals surface area contributed by atoms with Crippen molar-refractivity contribution in [2.24, 2.45) is 0 Å². The molecule has 0 aromatic rings. The molecule has 0 fully saturated rings. The molecule has 0 amide bonds. The van der Waals surface area contributed by atoms with E-state index in [0.29, 0.717) is 12.8 Å². The maximum Gasteiger partial charge on any atom is 0.327 e. The average molecular weight is 318 g/mol. The Hall–Kier alpha value is -1.87. The zero-order chi connectivity index (χ0) is 17.2. The van der Waals surface area contributed by atoms with Crippen LogP contribution in [0.25, 0.3) is 0 Å². The summed E-state index contributed by atoms with van der Waals surface area (Å²) in [5, 5.41) is 18.1. The van der Waals surface area contributed by atoms with Crippen LogP contribution in [0.4, 0.5) is 0 Å². The monoisotopic (exact) mass is 318 g/mol. The molecule has 0 saturated heterocycles. The highest BCUT2D eigenvalue weighted by molar-refractivity contribution is 5.79. The van der Waals surface area contributed by atoms with Crippen LogP contribution < -0.4 is 0 Å². The third-order valence-electron chi connectivity index (χ3n) is 3.07. The van der Waals surface area contributed by atoms with Gasteiger partial charge in [-0.15, -0.1) is 0 Å². The fraction of sp³-hybridized carbons (Fsp3) is 0.450. The lowest BCUT2D eigenvalue weighted by atomic mass is 10.2. The highest BCUT2D eigenvalue weighted by Gasteiger charge is 1.92. The molecular weight excluding hydrogens is 288 g/mol. The standard InChI is InChI=1S/C20H30O3/c1-2-3-4-5-6-7-8-10-13-16-19(21)17-14-11-9-12-15-18-20(22)23/h6-7,9-11,13-15,17-19,21H,2-5,8,12,16H2,1H3,(H,22,23)/b7-6-,11-9-,13-10-,17-14+,18-15-. The van der Waals surface area contributed by atoms with Gasteiger partial charge in [0, 0.05) is 6.08 Å². The Balaban J connectivity index is 3.70. The number of unbranched alkanes of at least 4 members (excludes halogenated alkanes) is 3. The number of carboxylic acids is 1. The fourth-order valence-electron chi connectivity index (χ4n) is 1.81. The molecule has 0 radical (unpaired) electrons. The fourth-order valence-corrected chi connectivity index (χ4v) is 1.81. The molecule has 3 heteroatoms. The average Bonchev–Trinajstić information content (AvgIpc) is 2.52. The summed E-state index contributed by atoms with van der Waals surface area (Å²) >= 11 is 0. The molecule has 0 aromatic carbocycles. The van der Waals surface area contributed by atoms with E-state index < -0.39 is 12.1 Å². The topological polar surface area (TPSA) is 57.5 Å². The van der Waals surface area contributed by atoms with Gasteiger partial charge in [0.2, 0.25) is 0 Å². The highest BCUT2D eigenvalue weighted by atomic mass is 16.4. The number of hydrogen-bond donors (Lipinski definition) is 2. The molecule has 1 atom stereocenters. The van der Waals surface area contributed by atoms with Crippen molar-refractivity contribution in [1.82, 2.24) is 0 Å². The Kier molecular flexibility index (Phi) is 15.2. The van der Waals surface area contributed by atoms with E-state index in [9.17, 15) is 9.90 Å². The molecule has 0 aliphatic heterocycles. The predicted octanol–water partition coefficient (Wildman–Crippen LogP) is 4.96. The zero-order valence-corrected chi connectivity index (χ0v) is 14.1. The second-order valence-electron chi connectivity index (χ2n) is 5.27. The van der Waals surface area contributed by atoms with Gasteiger partial charge in [-0.05, 0) is 32.1 Å². The third-order valence-corrected chi connectivity index (χ3v) is 3.07. The Labute approximate surface area is 140 Å². The summed E-state index contributed by atoms with van der Waals surface area (Å²) in [5.74, 6) is -0.938. The molecule has 128 valence electrons. The van der Waals surface area contributed by atoms with Gasteiger partial charge in [-0.2, -0.15) is 0 Å². The van der Waals surface area contributed by atoms with E-state index >= 15 is 0 Å². The van der Waals surface area contributed by atoms with E-state index in [4.69, 9.17) is 5.11 Å². The SMILES string of the molecule is CCCCC/C=C\C/C=C\CC(O)/C=C/C=C\C/C=C\C(=O)O. The summed E-state index contributed by atoms with van der Waals surface area (Å²) in [5.41, 5.74) is 0. The van der Waals surface area contributed by atoms with E-state index in [1.807, 2.05) is 12.2 Å². The molecule has 2 N–H and O–H groups in total. The predicted molar refractivity (Wildman–Crippen MR) is 97.3 cm³/mol. The number of carboxylic acid groups (broad SMARTS) is 1. The summed E-state index contributed by atoms with van der Waals surface area (Å²) in [6, 6.07) is 0. The van der Waals surface area contributed by atoms with Crippen molar-refractivity contribution in [3.8, 4) is 0 Å². The Morgan fingerprint density at radius 3 is 2.43 bits per heavy atom. The van der Waals surface area contributed by atoms with Crippen LogP contribution in [0.3, 0.4) is 0 Å². The van der Waals surface area contributed by atoms with Crippen molar-refractivity contribution in [1.29, 1.82) is 0 Å². The number of aliphatic hydroxyl groups excluding tert-OH is 1. The first-order valence-electron chi connectivity index (χ1n) is 8.37. The van der Waals surface area contributed by atoms with Crippen molar-refractivity contribution >= 4 is 5.97 Å². The van der Waals surface area contributed by atoms with Crippen molar-refractivity contribution in [2.75, 3.05) is 0 Å². The maximum atomic E-state index is 10.2. The second kappa shape index (κ2) is 16.5. The van der Waals surface area contributed by atoms with Crippen LogP contribution in [0.1, 0.15) is 51.9 Å². The lowest BCUT2D eigenvalue weighted by molar-refractivity contribution is -0.131. The number of aliphatic hydroxyl groups is 1. The molecule has 23 heavy (non-hydrogen) atoms. The molecule has 0 saturated carbocycles. The maximum absolute atomic E-state index is 10.2. The minimum absolute atomic E-state index is 0.487. The Bertz CT molecular complexity index is 428. The van der Waals surface area contributed by atoms with Gasteiger partial charge in [0.25, 0.3) is 0 Å². The van der Waals surface area contributed by atoms with Crippen LogP contribution in [0, 0.1) is 0 Å². The summed E-state index contributed by atoms with van der Waals surface area (Å²) in [4.78, 5) is 10.2. The number of aliphatic carboxylic acids is 1. The van der Waals surface area contributed by atoms with E-state index in [0.717, 1.165) is 18.9 Å². The van der Waals surface area contributed by atoms with Gasteiger partial charge in [0.1, 0.15) is 0 Å². The first kappa shape index (κ1) is 21.1. The van der Waals surface area contributed by atoms with Gasteiger partial charge in [-0.1, -0.05) is 74.4 Å². The number of rotatable bonds is 13. The molecule has 0 aromatic heterocycles. The number of allylic oxidation sites excluding steroid dienone is 7. The Morgan fingerprint density at radius 1 is 0.957 bits per heavy atom. The van der Waals surface area contributed by atoms with Gasteiger partial charge in [0.15, 0.2) is 0 Å². The van der Waals surface area contributed by atoms with E-state index in [1.54, 1.807) is 24.3 Å². The molecule has 0 bridgehead atoms. The molecule has 0 aliphatic carbocycles. The smallest absolute Gasteiger partial charge is 0.327 e. The van der Waals surface area contributed by atoms with E-state index in [1.165, 1.54) is 19.3 Å². The van der Waals surface area contributed by atoms with Gasteiger partial charge in [-0.3, -0.25) is 0 Å². The van der Waals surface area contributed by atoms with Gasteiger partial charge in [-0.25, -0.2) is 4.79 Å². The normalized spacial score (nSPS) is 14.2. The van der Waals surface area contributed by atoms with Gasteiger partial charge >= 0.3 is 5.97 Å². The molecule has 3 nitrogen and oxygen atoms in total. The van der Waals surface area contributed by atoms with Gasteiger partial charge in [0.05, 0.1) is 6.10 Å². The summed E-state index contributed by atoms with van der Waals surface area (Å²) in [6.07, 6.45) is 24.8. The van der Waals surface area contributed by atoms with Crippen LogP contribution in [0.5, 0.6) is 0 Å². The van der Waals surface area contributed by atoms with Crippen LogP contribution >= 0.6 is 0 Å². The summed E-state index contributed by atoms with van der Waals surface area (Å²) < 4.78 is 0. The van der Waals surface area contributed by atoms with E-state index in [2.05, 4.69) is 25.2 Å².